The molecule has 2 nitrogen and oxygen atoms in total. The average molecular weight is 664 g/mol. The van der Waals surface area contributed by atoms with Gasteiger partial charge in [0.1, 0.15) is 11.5 Å². The third-order valence-electron chi connectivity index (χ3n) is 10.2. The number of nitrogens with zero attached hydrogens (tertiary/aromatic N) is 1. The van der Waals surface area contributed by atoms with Crippen molar-refractivity contribution in [2.45, 2.75) is 0 Å². The molecule has 0 unspecified atom stereocenters. The third kappa shape index (κ3) is 5.04. The summed E-state index contributed by atoms with van der Waals surface area (Å²) in [7, 11) is 0. The zero-order valence-corrected chi connectivity index (χ0v) is 28.4. The molecule has 0 fully saturated rings. The van der Waals surface area contributed by atoms with Crippen molar-refractivity contribution in [2.24, 2.45) is 0 Å². The van der Waals surface area contributed by atoms with Crippen molar-refractivity contribution >= 4 is 38.6 Å². The van der Waals surface area contributed by atoms with Crippen molar-refractivity contribution in [3.8, 4) is 56.0 Å². The maximum absolute atomic E-state index is 6.50. The molecule has 0 saturated carbocycles. The molecule has 0 saturated heterocycles. The molecule has 1 aliphatic rings. The molecule has 1 heterocycles. The predicted octanol–water partition coefficient (Wildman–Crippen LogP) is 14.2. The number of fused-ring (bicyclic) bond motifs is 3. The normalized spacial score (nSPS) is 11.6. The molecule has 2 heteroatoms. The summed E-state index contributed by atoms with van der Waals surface area (Å²) in [5.41, 5.74) is 12.6. The molecule has 10 rings (SSSR count). The van der Waals surface area contributed by atoms with Gasteiger partial charge in [0.05, 0.1) is 11.4 Å². The first-order valence-electron chi connectivity index (χ1n) is 17.8. The van der Waals surface area contributed by atoms with Crippen molar-refractivity contribution in [1.82, 2.24) is 0 Å². The molecule has 244 valence electrons. The second kappa shape index (κ2) is 12.5. The molecule has 0 amide bonds. The quantitative estimate of drug-likeness (QED) is 0.176. The van der Waals surface area contributed by atoms with Crippen LogP contribution in [0.4, 0.5) is 17.1 Å². The van der Waals surface area contributed by atoms with Crippen molar-refractivity contribution in [3.05, 3.63) is 200 Å². The monoisotopic (exact) mass is 663 g/mol. The fourth-order valence-corrected chi connectivity index (χ4v) is 7.87. The zero-order valence-electron chi connectivity index (χ0n) is 28.4. The molecule has 0 aromatic heterocycles. The van der Waals surface area contributed by atoms with Crippen LogP contribution < -0.4 is 9.64 Å². The Morgan fingerprint density at radius 1 is 0.327 bits per heavy atom. The van der Waals surface area contributed by atoms with Gasteiger partial charge < -0.3 is 9.64 Å². The number of benzene rings is 9. The van der Waals surface area contributed by atoms with Gasteiger partial charge in [0, 0.05) is 27.8 Å². The highest BCUT2D eigenvalue weighted by molar-refractivity contribution is 6.05. The Labute approximate surface area is 303 Å². The second-order valence-electron chi connectivity index (χ2n) is 13.3. The smallest absolute Gasteiger partial charge is 0.135 e. The number of rotatable bonds is 6. The number of hydrogen-bond acceptors (Lipinski definition) is 2. The summed E-state index contributed by atoms with van der Waals surface area (Å²) in [6.07, 6.45) is 0. The standard InChI is InChI=1S/C50H33NO/c1-2-14-35(15-3-1)42-23-6-8-27-46(42)51(39-21-10-20-37(32-39)41-25-11-17-34-16-4-5-22-40(34)41)47-28-9-7-24-43(47)38-30-31-48-45(33-38)44-26-12-18-36-19-13-29-49(52-48)50(36)44/h1-33H. The lowest BCUT2D eigenvalue weighted by atomic mass is 9.91. The van der Waals surface area contributed by atoms with E-state index in [4.69, 9.17) is 4.74 Å². The number of anilines is 3. The first-order chi connectivity index (χ1) is 25.8. The fraction of sp³-hybridized carbons (Fsp3) is 0. The lowest BCUT2D eigenvalue weighted by molar-refractivity contribution is 0.487. The van der Waals surface area contributed by atoms with E-state index in [9.17, 15) is 0 Å². The Balaban J connectivity index is 1.19. The minimum atomic E-state index is 0.876. The molecular formula is C50H33NO. The summed E-state index contributed by atoms with van der Waals surface area (Å²) in [6, 6.07) is 71.7. The molecule has 0 atom stereocenters. The Morgan fingerprint density at radius 2 is 0.904 bits per heavy atom. The van der Waals surface area contributed by atoms with E-state index in [0.717, 1.165) is 56.2 Å². The maximum atomic E-state index is 6.50. The summed E-state index contributed by atoms with van der Waals surface area (Å²) < 4.78 is 6.50. The van der Waals surface area contributed by atoms with E-state index in [0.29, 0.717) is 0 Å². The number of ether oxygens (including phenoxy) is 1. The van der Waals surface area contributed by atoms with Gasteiger partial charge in [-0.25, -0.2) is 0 Å². The fourth-order valence-electron chi connectivity index (χ4n) is 7.87. The van der Waals surface area contributed by atoms with Gasteiger partial charge in [-0.15, -0.1) is 0 Å². The highest BCUT2D eigenvalue weighted by Gasteiger charge is 2.24. The van der Waals surface area contributed by atoms with Crippen LogP contribution >= 0.6 is 0 Å². The van der Waals surface area contributed by atoms with Crippen LogP contribution in [0, 0.1) is 0 Å². The van der Waals surface area contributed by atoms with Crippen LogP contribution in [0.1, 0.15) is 0 Å². The Kier molecular flexibility index (Phi) is 7.18. The van der Waals surface area contributed by atoms with Crippen LogP contribution in [0.15, 0.2) is 200 Å². The van der Waals surface area contributed by atoms with E-state index >= 15 is 0 Å². The van der Waals surface area contributed by atoms with Crippen LogP contribution in [0.2, 0.25) is 0 Å². The molecule has 9 aromatic rings. The van der Waals surface area contributed by atoms with E-state index < -0.39 is 0 Å². The summed E-state index contributed by atoms with van der Waals surface area (Å²) in [5, 5.41) is 4.82. The largest absolute Gasteiger partial charge is 0.456 e. The number of para-hydroxylation sites is 2. The molecule has 0 spiro atoms. The van der Waals surface area contributed by atoms with E-state index in [2.05, 4.69) is 205 Å². The Bertz CT molecular complexity index is 2770. The van der Waals surface area contributed by atoms with Gasteiger partial charge in [-0.3, -0.25) is 0 Å². The van der Waals surface area contributed by atoms with Crippen LogP contribution in [0.25, 0.3) is 66.1 Å². The Hall–Kier alpha value is -6.90. The second-order valence-corrected chi connectivity index (χ2v) is 13.3. The van der Waals surface area contributed by atoms with E-state index in [1.807, 2.05) is 0 Å². The first kappa shape index (κ1) is 30.0. The van der Waals surface area contributed by atoms with Crippen molar-refractivity contribution in [1.29, 1.82) is 0 Å². The molecule has 0 aliphatic carbocycles. The van der Waals surface area contributed by atoms with Gasteiger partial charge >= 0.3 is 0 Å². The summed E-state index contributed by atoms with van der Waals surface area (Å²) in [4.78, 5) is 2.43. The van der Waals surface area contributed by atoms with Gasteiger partial charge in [-0.1, -0.05) is 158 Å². The van der Waals surface area contributed by atoms with E-state index in [1.54, 1.807) is 0 Å². The highest BCUT2D eigenvalue weighted by atomic mass is 16.5. The summed E-state index contributed by atoms with van der Waals surface area (Å²) >= 11 is 0. The highest BCUT2D eigenvalue weighted by Crippen LogP contribution is 2.50. The zero-order chi connectivity index (χ0) is 34.4. The van der Waals surface area contributed by atoms with Gasteiger partial charge in [0.15, 0.2) is 0 Å². The molecule has 9 aromatic carbocycles. The molecule has 52 heavy (non-hydrogen) atoms. The van der Waals surface area contributed by atoms with Crippen molar-refractivity contribution in [2.75, 3.05) is 4.90 Å². The maximum Gasteiger partial charge on any atom is 0.135 e. The van der Waals surface area contributed by atoms with Gasteiger partial charge in [-0.2, -0.15) is 0 Å². The van der Waals surface area contributed by atoms with Crippen molar-refractivity contribution in [3.63, 3.8) is 0 Å². The minimum Gasteiger partial charge on any atom is -0.456 e. The third-order valence-corrected chi connectivity index (χ3v) is 10.2. The van der Waals surface area contributed by atoms with Gasteiger partial charge in [0.25, 0.3) is 0 Å². The van der Waals surface area contributed by atoms with Crippen molar-refractivity contribution < 1.29 is 4.74 Å². The van der Waals surface area contributed by atoms with Crippen LogP contribution in [-0.4, -0.2) is 0 Å². The van der Waals surface area contributed by atoms with E-state index in [1.165, 1.54) is 38.4 Å². The van der Waals surface area contributed by atoms with Crippen LogP contribution in [0.3, 0.4) is 0 Å². The number of hydrogen-bond donors (Lipinski definition) is 0. The lowest BCUT2D eigenvalue weighted by Crippen LogP contribution is -2.12. The molecule has 0 bridgehead atoms. The molecule has 0 radical (unpaired) electrons. The summed E-state index contributed by atoms with van der Waals surface area (Å²) in [5.74, 6) is 1.78. The van der Waals surface area contributed by atoms with Gasteiger partial charge in [0.2, 0.25) is 0 Å². The van der Waals surface area contributed by atoms with Crippen LogP contribution in [0.5, 0.6) is 11.5 Å². The lowest BCUT2D eigenvalue weighted by Gasteiger charge is -2.30. The molecule has 0 N–H and O–H groups in total. The van der Waals surface area contributed by atoms with Crippen LogP contribution in [-0.2, 0) is 0 Å². The summed E-state index contributed by atoms with van der Waals surface area (Å²) in [6.45, 7) is 0. The van der Waals surface area contributed by atoms with E-state index in [-0.39, 0.29) is 0 Å². The van der Waals surface area contributed by atoms with Gasteiger partial charge in [-0.05, 0) is 86.4 Å². The topological polar surface area (TPSA) is 12.5 Å². The first-order valence-corrected chi connectivity index (χ1v) is 17.8. The predicted molar refractivity (Wildman–Crippen MR) is 218 cm³/mol. The minimum absolute atomic E-state index is 0.876. The SMILES string of the molecule is c1ccc(-c2ccccc2N(c2cccc(-c3cccc4ccccc34)c2)c2ccccc2-c2ccc3c(c2)-c2cccc4cccc(c24)O3)cc1. The molecule has 1 aliphatic heterocycles. The average Bonchev–Trinajstić information content (AvgIpc) is 3.22. The molecular weight excluding hydrogens is 631 g/mol. The Morgan fingerprint density at radius 3 is 1.73 bits per heavy atom.